The SMILES string of the molecule is CC[C@H](C)NC(=O)[C@@H](Cc1ccccc1)N(Cc1ccccc1F)C(=O)CSCc1cccc(Cl)c1. The van der Waals surface area contributed by atoms with Crippen LogP contribution in [-0.4, -0.2) is 34.6 Å². The number of hydrogen-bond donors (Lipinski definition) is 1. The Morgan fingerprint density at radius 3 is 2.39 bits per heavy atom. The summed E-state index contributed by atoms with van der Waals surface area (Å²) < 4.78 is 14.6. The van der Waals surface area contributed by atoms with Crippen LogP contribution in [0.15, 0.2) is 78.9 Å². The van der Waals surface area contributed by atoms with E-state index in [4.69, 9.17) is 11.6 Å². The molecule has 1 N–H and O–H groups in total. The molecule has 0 radical (unpaired) electrons. The van der Waals surface area contributed by atoms with Gasteiger partial charge in [0.2, 0.25) is 11.8 Å². The van der Waals surface area contributed by atoms with Crippen molar-refractivity contribution >= 4 is 35.2 Å². The summed E-state index contributed by atoms with van der Waals surface area (Å²) in [5, 5.41) is 3.67. The Bertz CT molecular complexity index is 1140. The second kappa shape index (κ2) is 14.0. The van der Waals surface area contributed by atoms with E-state index in [0.717, 1.165) is 17.5 Å². The standard InChI is InChI=1S/C29H32ClFN2O2S/c1-3-21(2)32-29(35)27(17-22-10-5-4-6-11-22)33(18-24-13-7-8-15-26(24)31)28(34)20-36-19-23-12-9-14-25(30)16-23/h4-16,21,27H,3,17-20H2,1-2H3,(H,32,35)/t21-,27+/m0/s1. The highest BCUT2D eigenvalue weighted by Crippen LogP contribution is 2.21. The lowest BCUT2D eigenvalue weighted by Crippen LogP contribution is -2.52. The maximum atomic E-state index is 14.6. The van der Waals surface area contributed by atoms with Crippen LogP contribution < -0.4 is 5.32 Å². The zero-order valence-corrected chi connectivity index (χ0v) is 22.2. The first-order valence-corrected chi connectivity index (χ1v) is 13.6. The van der Waals surface area contributed by atoms with Crippen LogP contribution in [0.1, 0.15) is 37.0 Å². The maximum Gasteiger partial charge on any atom is 0.243 e. The van der Waals surface area contributed by atoms with Crippen LogP contribution in [0.4, 0.5) is 4.39 Å². The minimum atomic E-state index is -0.778. The molecule has 2 atom stereocenters. The van der Waals surface area contributed by atoms with Crippen molar-refractivity contribution in [2.24, 2.45) is 0 Å². The van der Waals surface area contributed by atoms with Gasteiger partial charge in [0.25, 0.3) is 0 Å². The first-order chi connectivity index (χ1) is 17.4. The topological polar surface area (TPSA) is 49.4 Å². The number of rotatable bonds is 12. The Labute approximate surface area is 222 Å². The van der Waals surface area contributed by atoms with Gasteiger partial charge in [0.05, 0.1) is 5.75 Å². The largest absolute Gasteiger partial charge is 0.352 e. The van der Waals surface area contributed by atoms with E-state index in [1.165, 1.54) is 22.7 Å². The van der Waals surface area contributed by atoms with Crippen LogP contribution in [0, 0.1) is 5.82 Å². The number of carbonyl (C=O) groups excluding carboxylic acids is 2. The maximum absolute atomic E-state index is 14.6. The van der Waals surface area contributed by atoms with Crippen molar-refractivity contribution in [1.82, 2.24) is 10.2 Å². The third-order valence-electron chi connectivity index (χ3n) is 5.95. The molecule has 190 valence electrons. The molecule has 2 amide bonds. The minimum absolute atomic E-state index is 0.00859. The monoisotopic (exact) mass is 526 g/mol. The highest BCUT2D eigenvalue weighted by atomic mass is 35.5. The number of hydrogen-bond acceptors (Lipinski definition) is 3. The van der Waals surface area contributed by atoms with Crippen molar-refractivity contribution in [3.05, 3.63) is 106 Å². The van der Waals surface area contributed by atoms with E-state index in [0.29, 0.717) is 22.8 Å². The van der Waals surface area contributed by atoms with Gasteiger partial charge in [-0.3, -0.25) is 9.59 Å². The fourth-order valence-electron chi connectivity index (χ4n) is 3.77. The van der Waals surface area contributed by atoms with Gasteiger partial charge in [-0.15, -0.1) is 11.8 Å². The number of nitrogens with one attached hydrogen (secondary N) is 1. The van der Waals surface area contributed by atoms with Crippen LogP contribution in [0.3, 0.4) is 0 Å². The number of amides is 2. The van der Waals surface area contributed by atoms with E-state index in [1.54, 1.807) is 24.3 Å². The number of benzene rings is 3. The highest BCUT2D eigenvalue weighted by molar-refractivity contribution is 7.99. The Balaban J connectivity index is 1.86. The van der Waals surface area contributed by atoms with Crippen LogP contribution in [0.2, 0.25) is 5.02 Å². The molecule has 0 unspecified atom stereocenters. The fraction of sp³-hybridized carbons (Fsp3) is 0.310. The molecular formula is C29H32ClFN2O2S. The normalized spacial score (nSPS) is 12.6. The number of halogens is 2. The van der Waals surface area contributed by atoms with E-state index in [1.807, 2.05) is 62.4 Å². The molecule has 0 saturated carbocycles. The molecule has 0 spiro atoms. The van der Waals surface area contributed by atoms with Gasteiger partial charge in [-0.05, 0) is 42.7 Å². The molecule has 0 heterocycles. The molecule has 0 saturated heterocycles. The third-order valence-corrected chi connectivity index (χ3v) is 7.18. The summed E-state index contributed by atoms with van der Waals surface area (Å²) in [5.74, 6) is -0.101. The average Bonchev–Trinajstić information content (AvgIpc) is 2.87. The molecule has 0 aliphatic heterocycles. The van der Waals surface area contributed by atoms with Gasteiger partial charge in [0.1, 0.15) is 11.9 Å². The van der Waals surface area contributed by atoms with Gasteiger partial charge in [-0.1, -0.05) is 79.2 Å². The smallest absolute Gasteiger partial charge is 0.243 e. The summed E-state index contributed by atoms with van der Waals surface area (Å²) in [7, 11) is 0. The van der Waals surface area contributed by atoms with Gasteiger partial charge in [0.15, 0.2) is 0 Å². The van der Waals surface area contributed by atoms with Crippen LogP contribution in [-0.2, 0) is 28.3 Å². The quantitative estimate of drug-likeness (QED) is 0.303. The number of carbonyl (C=O) groups is 2. The average molecular weight is 527 g/mol. The number of nitrogens with zero attached hydrogens (tertiary/aromatic N) is 1. The summed E-state index contributed by atoms with van der Waals surface area (Å²) >= 11 is 7.53. The van der Waals surface area contributed by atoms with E-state index in [-0.39, 0.29) is 30.2 Å². The van der Waals surface area contributed by atoms with Crippen molar-refractivity contribution in [3.8, 4) is 0 Å². The summed E-state index contributed by atoms with van der Waals surface area (Å²) in [5.41, 5.74) is 2.32. The molecule has 0 fully saturated rings. The second-order valence-electron chi connectivity index (χ2n) is 8.76. The molecule has 3 aromatic carbocycles. The molecule has 3 rings (SSSR count). The van der Waals surface area contributed by atoms with E-state index < -0.39 is 11.9 Å². The zero-order valence-electron chi connectivity index (χ0n) is 20.6. The Hall–Kier alpha value is -2.83. The van der Waals surface area contributed by atoms with E-state index >= 15 is 0 Å². The Morgan fingerprint density at radius 2 is 1.69 bits per heavy atom. The second-order valence-corrected chi connectivity index (χ2v) is 10.2. The molecule has 0 bridgehead atoms. The first-order valence-electron chi connectivity index (χ1n) is 12.1. The van der Waals surface area contributed by atoms with Crippen LogP contribution in [0.25, 0.3) is 0 Å². The summed E-state index contributed by atoms with van der Waals surface area (Å²) in [6, 6.07) is 22.7. The van der Waals surface area contributed by atoms with Crippen molar-refractivity contribution in [1.29, 1.82) is 0 Å². The van der Waals surface area contributed by atoms with Gasteiger partial charge in [0, 0.05) is 35.3 Å². The van der Waals surface area contributed by atoms with Gasteiger partial charge < -0.3 is 10.2 Å². The molecule has 0 aliphatic carbocycles. The molecule has 7 heteroatoms. The van der Waals surface area contributed by atoms with Crippen molar-refractivity contribution < 1.29 is 14.0 Å². The van der Waals surface area contributed by atoms with Gasteiger partial charge >= 0.3 is 0 Å². The lowest BCUT2D eigenvalue weighted by molar-refractivity contribution is -0.139. The van der Waals surface area contributed by atoms with Crippen molar-refractivity contribution in [3.63, 3.8) is 0 Å². The van der Waals surface area contributed by atoms with Crippen molar-refractivity contribution in [2.75, 3.05) is 5.75 Å². The van der Waals surface area contributed by atoms with Crippen LogP contribution in [0.5, 0.6) is 0 Å². The minimum Gasteiger partial charge on any atom is -0.352 e. The van der Waals surface area contributed by atoms with E-state index in [9.17, 15) is 14.0 Å². The molecule has 3 aromatic rings. The van der Waals surface area contributed by atoms with Gasteiger partial charge in [-0.25, -0.2) is 4.39 Å². The summed E-state index contributed by atoms with van der Waals surface area (Å²) in [6.07, 6.45) is 1.10. The molecular weight excluding hydrogens is 495 g/mol. The third kappa shape index (κ3) is 8.38. The predicted molar refractivity (Wildman–Crippen MR) is 146 cm³/mol. The highest BCUT2D eigenvalue weighted by Gasteiger charge is 2.31. The lowest BCUT2D eigenvalue weighted by atomic mass is 10.0. The number of thioether (sulfide) groups is 1. The van der Waals surface area contributed by atoms with Crippen LogP contribution >= 0.6 is 23.4 Å². The lowest BCUT2D eigenvalue weighted by Gasteiger charge is -2.32. The molecule has 0 aromatic heterocycles. The zero-order chi connectivity index (χ0) is 25.9. The molecule has 4 nitrogen and oxygen atoms in total. The molecule has 36 heavy (non-hydrogen) atoms. The summed E-state index contributed by atoms with van der Waals surface area (Å²) in [4.78, 5) is 28.6. The first kappa shape index (κ1) is 27.8. The fourth-order valence-corrected chi connectivity index (χ4v) is 4.84. The van der Waals surface area contributed by atoms with Gasteiger partial charge in [-0.2, -0.15) is 0 Å². The Morgan fingerprint density at radius 1 is 1.00 bits per heavy atom. The van der Waals surface area contributed by atoms with Crippen molar-refractivity contribution in [2.45, 2.75) is 51.1 Å². The summed E-state index contributed by atoms with van der Waals surface area (Å²) in [6.45, 7) is 3.93. The molecule has 0 aliphatic rings. The van der Waals surface area contributed by atoms with E-state index in [2.05, 4.69) is 5.32 Å². The predicted octanol–water partition coefficient (Wildman–Crippen LogP) is 6.27. The Kier molecular flexibility index (Phi) is 10.8.